The molecule has 0 radical (unpaired) electrons. The maximum Gasteiger partial charge on any atom is 0.262 e. The Hall–Kier alpha value is -4.45. The van der Waals surface area contributed by atoms with E-state index >= 15 is 0 Å². The van der Waals surface area contributed by atoms with Crippen molar-refractivity contribution in [1.82, 2.24) is 9.62 Å². The van der Waals surface area contributed by atoms with Gasteiger partial charge in [-0.2, -0.15) is 9.57 Å². The third-order valence-electron chi connectivity index (χ3n) is 6.17. The zero-order valence-electron chi connectivity index (χ0n) is 21.7. The predicted octanol–water partition coefficient (Wildman–Crippen LogP) is 5.76. The number of hydrogen-bond acceptors (Lipinski definition) is 5. The number of sulfonamides is 1. The number of benzene rings is 3. The van der Waals surface area contributed by atoms with Crippen molar-refractivity contribution in [3.63, 3.8) is 0 Å². The highest BCUT2D eigenvalue weighted by molar-refractivity contribution is 7.89. The Balaban J connectivity index is 1.55. The first-order chi connectivity index (χ1) is 18.8. The monoisotopic (exact) mass is 539 g/mol. The van der Waals surface area contributed by atoms with E-state index in [9.17, 15) is 18.5 Å². The number of hydrogen-bond donors (Lipinski definition) is 1. The lowest BCUT2D eigenvalue weighted by Gasteiger charge is -2.21. The molecule has 39 heavy (non-hydrogen) atoms. The summed E-state index contributed by atoms with van der Waals surface area (Å²) in [5, 5.41) is 12.4. The summed E-state index contributed by atoms with van der Waals surface area (Å²) in [5.74, 6) is 0.124. The Bertz CT molecular complexity index is 1590. The Kier molecular flexibility index (Phi) is 8.77. The minimum atomic E-state index is -3.84. The second kappa shape index (κ2) is 12.4. The van der Waals surface area contributed by atoms with Crippen molar-refractivity contribution in [2.75, 3.05) is 0 Å². The van der Waals surface area contributed by atoms with E-state index in [2.05, 4.69) is 5.32 Å². The number of nitrogens with one attached hydrogen (secondary N) is 1. The molecule has 0 fully saturated rings. The Labute approximate surface area is 229 Å². The molecule has 0 saturated heterocycles. The van der Waals surface area contributed by atoms with Gasteiger partial charge >= 0.3 is 0 Å². The van der Waals surface area contributed by atoms with Crippen LogP contribution in [0, 0.1) is 18.3 Å². The van der Waals surface area contributed by atoms with Crippen LogP contribution in [0.25, 0.3) is 6.08 Å². The van der Waals surface area contributed by atoms with Gasteiger partial charge in [0, 0.05) is 12.6 Å². The summed E-state index contributed by atoms with van der Waals surface area (Å²) < 4.78 is 34.3. The van der Waals surface area contributed by atoms with Gasteiger partial charge in [-0.25, -0.2) is 8.42 Å². The summed E-state index contributed by atoms with van der Waals surface area (Å²) >= 11 is 0. The lowest BCUT2D eigenvalue weighted by Crippen LogP contribution is -2.30. The lowest BCUT2D eigenvalue weighted by molar-refractivity contribution is -0.117. The number of carbonyl (C=O) groups excluding carboxylic acids is 1. The number of carbonyl (C=O) groups is 1. The SMILES string of the molecule is Cc1ccc(S(=O)(=O)N(Cc2ccccc2)Cc2ccc(/C=C(/C#N)C(=O)N[C@H](C)c3ccccc3)o2)cc1. The average molecular weight is 540 g/mol. The zero-order valence-corrected chi connectivity index (χ0v) is 22.6. The maximum atomic E-state index is 13.6. The molecule has 0 saturated carbocycles. The molecule has 1 heterocycles. The molecule has 0 aliphatic carbocycles. The van der Waals surface area contributed by atoms with Gasteiger partial charge in [-0.15, -0.1) is 0 Å². The summed E-state index contributed by atoms with van der Waals surface area (Å²) in [7, 11) is -3.84. The van der Waals surface area contributed by atoms with Crippen molar-refractivity contribution >= 4 is 22.0 Å². The van der Waals surface area contributed by atoms with Gasteiger partial charge in [-0.3, -0.25) is 4.79 Å². The molecule has 3 aromatic carbocycles. The maximum absolute atomic E-state index is 13.6. The van der Waals surface area contributed by atoms with Gasteiger partial charge < -0.3 is 9.73 Å². The minimum absolute atomic E-state index is 0.0297. The molecule has 198 valence electrons. The van der Waals surface area contributed by atoms with Crippen molar-refractivity contribution < 1.29 is 17.6 Å². The lowest BCUT2D eigenvalue weighted by atomic mass is 10.1. The number of amides is 1. The molecular weight excluding hydrogens is 510 g/mol. The second-order valence-electron chi connectivity index (χ2n) is 9.15. The van der Waals surface area contributed by atoms with Gasteiger partial charge in [0.15, 0.2) is 0 Å². The normalized spacial score (nSPS) is 12.6. The molecular formula is C31H29N3O4S. The third kappa shape index (κ3) is 7.11. The Morgan fingerprint density at radius 2 is 1.59 bits per heavy atom. The van der Waals surface area contributed by atoms with Gasteiger partial charge in [0.05, 0.1) is 17.5 Å². The van der Waals surface area contributed by atoms with Gasteiger partial charge in [-0.05, 0) is 49.2 Å². The molecule has 7 nitrogen and oxygen atoms in total. The van der Waals surface area contributed by atoms with Crippen LogP contribution in [-0.4, -0.2) is 18.6 Å². The molecule has 1 amide bonds. The first-order valence-corrected chi connectivity index (χ1v) is 13.9. The average Bonchev–Trinajstić information content (AvgIpc) is 3.39. The molecule has 4 rings (SSSR count). The van der Waals surface area contributed by atoms with Crippen molar-refractivity contribution in [2.24, 2.45) is 0 Å². The van der Waals surface area contributed by atoms with Crippen LogP contribution < -0.4 is 5.32 Å². The molecule has 1 atom stereocenters. The molecule has 1 N–H and O–H groups in total. The van der Waals surface area contributed by atoms with Crippen molar-refractivity contribution in [3.8, 4) is 6.07 Å². The molecule has 0 aliphatic heterocycles. The van der Waals surface area contributed by atoms with Gasteiger partial charge in [0.25, 0.3) is 5.91 Å². The standard InChI is InChI=1S/C31H29N3O4S/c1-23-13-17-30(18-14-23)39(36,37)34(21-25-9-5-3-6-10-25)22-29-16-15-28(38-29)19-27(20-32)31(35)33-24(2)26-11-7-4-8-12-26/h3-19,24H,21-22H2,1-2H3,(H,33,35)/b27-19-/t24-/m1/s1. The van der Waals surface area contributed by atoms with Crippen LogP contribution in [0.5, 0.6) is 0 Å². The van der Waals surface area contributed by atoms with Gasteiger partial charge in [-0.1, -0.05) is 78.4 Å². The number of nitrogens with zero attached hydrogens (tertiary/aromatic N) is 2. The third-order valence-corrected chi connectivity index (χ3v) is 7.98. The molecule has 1 aromatic heterocycles. The van der Waals surface area contributed by atoms with Crippen LogP contribution in [0.2, 0.25) is 0 Å². The molecule has 0 aliphatic rings. The summed E-state index contributed by atoms with van der Waals surface area (Å²) in [6, 6.07) is 30.3. The molecule has 4 aromatic rings. The fraction of sp³-hybridized carbons (Fsp3) is 0.161. The summed E-state index contributed by atoms with van der Waals surface area (Å²) in [4.78, 5) is 12.9. The number of nitriles is 1. The van der Waals surface area contributed by atoms with Crippen LogP contribution in [0.3, 0.4) is 0 Å². The van der Waals surface area contributed by atoms with E-state index < -0.39 is 15.9 Å². The summed E-state index contributed by atoms with van der Waals surface area (Å²) in [6.45, 7) is 3.85. The highest BCUT2D eigenvalue weighted by Crippen LogP contribution is 2.23. The van der Waals surface area contributed by atoms with Crippen LogP contribution in [0.1, 0.15) is 41.2 Å². The quantitative estimate of drug-likeness (QED) is 0.204. The fourth-order valence-electron chi connectivity index (χ4n) is 3.99. The summed E-state index contributed by atoms with van der Waals surface area (Å²) in [6.07, 6.45) is 1.35. The van der Waals surface area contributed by atoms with Crippen LogP contribution in [0.15, 0.2) is 112 Å². The number of aryl methyl sites for hydroxylation is 1. The van der Waals surface area contributed by atoms with Crippen LogP contribution >= 0.6 is 0 Å². The van der Waals surface area contributed by atoms with Gasteiger partial charge in [0.1, 0.15) is 23.2 Å². The van der Waals surface area contributed by atoms with Crippen molar-refractivity contribution in [1.29, 1.82) is 5.26 Å². The van der Waals surface area contributed by atoms with E-state index in [0.29, 0.717) is 5.76 Å². The Morgan fingerprint density at radius 3 is 2.23 bits per heavy atom. The molecule has 0 unspecified atom stereocenters. The van der Waals surface area contributed by atoms with Crippen LogP contribution in [0.4, 0.5) is 0 Å². The van der Waals surface area contributed by atoms with E-state index in [4.69, 9.17) is 4.42 Å². The molecule has 0 spiro atoms. The van der Waals surface area contributed by atoms with E-state index in [1.165, 1.54) is 10.4 Å². The zero-order chi connectivity index (χ0) is 27.8. The van der Waals surface area contributed by atoms with Crippen molar-refractivity contribution in [2.45, 2.75) is 37.9 Å². The largest absolute Gasteiger partial charge is 0.460 e. The number of furan rings is 1. The highest BCUT2D eigenvalue weighted by Gasteiger charge is 2.26. The molecule has 0 bridgehead atoms. The fourth-order valence-corrected chi connectivity index (χ4v) is 5.39. The topological polar surface area (TPSA) is 103 Å². The Morgan fingerprint density at radius 1 is 0.949 bits per heavy atom. The van der Waals surface area contributed by atoms with E-state index in [1.807, 2.05) is 80.6 Å². The molecule has 8 heteroatoms. The highest BCUT2D eigenvalue weighted by atomic mass is 32.2. The van der Waals surface area contributed by atoms with E-state index in [-0.39, 0.29) is 35.4 Å². The van der Waals surface area contributed by atoms with Gasteiger partial charge in [0.2, 0.25) is 10.0 Å². The first-order valence-electron chi connectivity index (χ1n) is 12.4. The smallest absolute Gasteiger partial charge is 0.262 e. The predicted molar refractivity (Wildman–Crippen MR) is 149 cm³/mol. The summed E-state index contributed by atoms with van der Waals surface area (Å²) in [5.41, 5.74) is 2.58. The van der Waals surface area contributed by atoms with Crippen LogP contribution in [-0.2, 0) is 27.9 Å². The minimum Gasteiger partial charge on any atom is -0.460 e. The second-order valence-corrected chi connectivity index (χ2v) is 11.1. The first kappa shape index (κ1) is 27.6. The number of rotatable bonds is 10. The van der Waals surface area contributed by atoms with Crippen molar-refractivity contribution in [3.05, 3.63) is 131 Å². The van der Waals surface area contributed by atoms with E-state index in [1.54, 1.807) is 36.4 Å². The van der Waals surface area contributed by atoms with E-state index in [0.717, 1.165) is 16.7 Å².